The number of aliphatic hydroxyl groups excluding tert-OH is 3. The minimum atomic E-state index is -1.90. The monoisotopic (exact) mass is 490 g/mol. The van der Waals surface area contributed by atoms with Crippen LogP contribution in [-0.4, -0.2) is 107 Å². The topological polar surface area (TPSA) is 152 Å². The van der Waals surface area contributed by atoms with Gasteiger partial charge in [-0.05, 0) is 34.6 Å². The molecule has 0 bridgehead atoms. The van der Waals surface area contributed by atoms with Gasteiger partial charge in [0.25, 0.3) is 0 Å². The molecule has 34 heavy (non-hydrogen) atoms. The molecule has 0 aromatic rings. The number of hydrogen-bond acceptors (Lipinski definition) is 12. The Morgan fingerprint density at radius 2 is 1.68 bits per heavy atom. The Kier molecular flexibility index (Phi) is 6.88. The number of hydrogen-bond donors (Lipinski definition) is 3. The van der Waals surface area contributed by atoms with Crippen LogP contribution < -0.4 is 0 Å². The van der Waals surface area contributed by atoms with Crippen molar-refractivity contribution in [1.29, 1.82) is 0 Å². The number of rotatable bonds is 3. The molecule has 4 rings (SSSR count). The third-order valence-corrected chi connectivity index (χ3v) is 6.24. The fourth-order valence-electron chi connectivity index (χ4n) is 4.48. The van der Waals surface area contributed by atoms with Gasteiger partial charge < -0.3 is 53.2 Å². The molecule has 3 N–H and O–H groups in total. The van der Waals surface area contributed by atoms with Gasteiger partial charge in [0, 0.05) is 5.57 Å². The first kappa shape index (κ1) is 25.9. The Labute approximate surface area is 197 Å². The first-order chi connectivity index (χ1) is 15.8. The zero-order valence-corrected chi connectivity index (χ0v) is 20.0. The van der Waals surface area contributed by atoms with Gasteiger partial charge in [-0.3, -0.25) is 0 Å². The van der Waals surface area contributed by atoms with E-state index in [0.29, 0.717) is 0 Å². The summed E-state index contributed by atoms with van der Waals surface area (Å²) in [5.74, 6) is -4.86. The van der Waals surface area contributed by atoms with E-state index in [1.807, 2.05) is 0 Å². The van der Waals surface area contributed by atoms with E-state index in [2.05, 4.69) is 6.58 Å². The molecule has 0 aliphatic carbocycles. The molecule has 0 aromatic carbocycles. The van der Waals surface area contributed by atoms with Crippen LogP contribution in [0.25, 0.3) is 0 Å². The summed E-state index contributed by atoms with van der Waals surface area (Å²) < 4.78 is 46.8. The van der Waals surface area contributed by atoms with Crippen molar-refractivity contribution in [1.82, 2.24) is 0 Å². The third kappa shape index (κ3) is 4.76. The van der Waals surface area contributed by atoms with Crippen LogP contribution in [0.3, 0.4) is 0 Å². The molecule has 4 aliphatic heterocycles. The molecule has 0 radical (unpaired) electrons. The van der Waals surface area contributed by atoms with Gasteiger partial charge in [0.15, 0.2) is 24.0 Å². The van der Waals surface area contributed by atoms with Crippen molar-refractivity contribution in [3.63, 3.8) is 0 Å². The Morgan fingerprint density at radius 1 is 1.03 bits per heavy atom. The van der Waals surface area contributed by atoms with E-state index < -0.39 is 79.0 Å². The lowest BCUT2D eigenvalue weighted by Gasteiger charge is -2.53. The largest absolute Gasteiger partial charge is 0.453 e. The van der Waals surface area contributed by atoms with Gasteiger partial charge >= 0.3 is 5.97 Å². The highest BCUT2D eigenvalue weighted by molar-refractivity contribution is 5.87. The molecule has 0 saturated carbocycles. The van der Waals surface area contributed by atoms with Crippen molar-refractivity contribution >= 4 is 5.97 Å². The van der Waals surface area contributed by atoms with Crippen molar-refractivity contribution in [2.24, 2.45) is 0 Å². The first-order valence-electron chi connectivity index (χ1n) is 11.3. The molecule has 0 unspecified atom stereocenters. The van der Waals surface area contributed by atoms with Crippen LogP contribution in [0.2, 0.25) is 0 Å². The van der Waals surface area contributed by atoms with E-state index >= 15 is 0 Å². The maximum absolute atomic E-state index is 12.1. The van der Waals surface area contributed by atoms with E-state index in [1.165, 1.54) is 6.92 Å². The Bertz CT molecular complexity index is 799. The minimum Gasteiger partial charge on any atom is -0.453 e. The fourth-order valence-corrected chi connectivity index (χ4v) is 4.48. The summed E-state index contributed by atoms with van der Waals surface area (Å²) in [4.78, 5) is 12.1. The molecule has 4 fully saturated rings. The van der Waals surface area contributed by atoms with Crippen molar-refractivity contribution in [2.45, 2.75) is 101 Å². The highest BCUT2D eigenvalue weighted by atomic mass is 16.8. The van der Waals surface area contributed by atoms with E-state index in [9.17, 15) is 20.1 Å². The Hall–Kier alpha value is -1.19. The van der Waals surface area contributed by atoms with Crippen LogP contribution in [0.15, 0.2) is 12.2 Å². The van der Waals surface area contributed by atoms with Crippen LogP contribution in [0, 0.1) is 0 Å². The number of aliphatic hydroxyl groups is 3. The summed E-state index contributed by atoms with van der Waals surface area (Å²) in [6.07, 6.45) is -8.97. The van der Waals surface area contributed by atoms with Gasteiger partial charge in [0.1, 0.15) is 43.2 Å². The van der Waals surface area contributed by atoms with Gasteiger partial charge in [0.05, 0.1) is 13.2 Å². The Balaban J connectivity index is 1.63. The quantitative estimate of drug-likeness (QED) is 0.340. The molecule has 194 valence electrons. The molecule has 12 heteroatoms. The maximum atomic E-state index is 12.1. The maximum Gasteiger partial charge on any atom is 0.333 e. The van der Waals surface area contributed by atoms with E-state index in [-0.39, 0.29) is 18.8 Å². The van der Waals surface area contributed by atoms with Gasteiger partial charge in [0.2, 0.25) is 5.79 Å². The summed E-state index contributed by atoms with van der Waals surface area (Å²) in [6.45, 7) is 10.9. The van der Waals surface area contributed by atoms with Crippen LogP contribution >= 0.6 is 0 Å². The second-order valence-corrected chi connectivity index (χ2v) is 9.96. The zero-order chi connectivity index (χ0) is 25.1. The molecule has 0 aromatic heterocycles. The molecule has 4 saturated heterocycles. The highest BCUT2D eigenvalue weighted by Gasteiger charge is 2.63. The number of fused-ring (bicyclic) bond motifs is 2. The molecule has 9 atom stereocenters. The SMILES string of the molecule is C=C(C)C(=O)O[C@@H]1[C@@H](CO)O[C@]2(COC(C)(C)O[C@H]3[C@H](O[C@@H]4COC(C)(C)O[C@H]4[C@@H]3O)O2)[C@H]1O. The molecule has 0 amide bonds. The molecule has 12 nitrogen and oxygen atoms in total. The van der Waals surface area contributed by atoms with Crippen molar-refractivity contribution in [3.05, 3.63) is 12.2 Å². The standard InChI is InChI=1S/C22H34O12/c1-10(2)18(26)30-15-11(7-23)31-22(17(15)25)9-28-21(5,6)33-16-13(24)14-12(29-19(16)34-22)8-27-20(3,4)32-14/h11-17,19,23-25H,1,7-9H2,2-6H3/t11-,12-,13+,14-,15-,16-,17+,19-,22+/m1/s1. The Morgan fingerprint density at radius 3 is 2.32 bits per heavy atom. The average molecular weight is 491 g/mol. The lowest BCUT2D eigenvalue weighted by molar-refractivity contribution is -0.454. The molecule has 4 heterocycles. The third-order valence-electron chi connectivity index (χ3n) is 6.24. The molecule has 1 spiro atoms. The van der Waals surface area contributed by atoms with Gasteiger partial charge in [-0.2, -0.15) is 0 Å². The van der Waals surface area contributed by atoms with E-state index in [1.54, 1.807) is 27.7 Å². The normalized spacial score (nSPS) is 45.5. The van der Waals surface area contributed by atoms with Crippen LogP contribution in [-0.2, 0) is 42.7 Å². The second-order valence-electron chi connectivity index (χ2n) is 9.96. The number of carbonyl (C=O) groups excluding carboxylic acids is 1. The smallest absolute Gasteiger partial charge is 0.333 e. The van der Waals surface area contributed by atoms with Crippen LogP contribution in [0.4, 0.5) is 0 Å². The molecular weight excluding hydrogens is 456 g/mol. The summed E-state index contributed by atoms with van der Waals surface area (Å²) >= 11 is 0. The lowest BCUT2D eigenvalue weighted by Crippen LogP contribution is -2.69. The highest BCUT2D eigenvalue weighted by Crippen LogP contribution is 2.43. The number of ether oxygens (including phenoxy) is 8. The van der Waals surface area contributed by atoms with Crippen molar-refractivity contribution < 1.29 is 58.0 Å². The summed E-state index contributed by atoms with van der Waals surface area (Å²) in [7, 11) is 0. The molecule has 4 aliphatic rings. The molecular formula is C22H34O12. The average Bonchev–Trinajstić information content (AvgIpc) is 3.00. The predicted octanol–water partition coefficient (Wildman–Crippen LogP) is -0.672. The lowest BCUT2D eigenvalue weighted by atomic mass is 9.96. The second kappa shape index (κ2) is 9.04. The van der Waals surface area contributed by atoms with Gasteiger partial charge in [-0.15, -0.1) is 0 Å². The van der Waals surface area contributed by atoms with E-state index in [4.69, 9.17) is 37.9 Å². The zero-order valence-electron chi connectivity index (χ0n) is 20.0. The van der Waals surface area contributed by atoms with Crippen molar-refractivity contribution in [3.8, 4) is 0 Å². The van der Waals surface area contributed by atoms with Gasteiger partial charge in [-0.25, -0.2) is 4.79 Å². The number of carbonyl (C=O) groups is 1. The predicted molar refractivity (Wildman–Crippen MR) is 111 cm³/mol. The number of esters is 1. The first-order valence-corrected chi connectivity index (χ1v) is 11.3. The summed E-state index contributed by atoms with van der Waals surface area (Å²) in [5.41, 5.74) is 0.110. The minimum absolute atomic E-state index is 0.110. The summed E-state index contributed by atoms with van der Waals surface area (Å²) in [6, 6.07) is 0. The fraction of sp³-hybridized carbons (Fsp3) is 0.864. The van der Waals surface area contributed by atoms with Crippen LogP contribution in [0.5, 0.6) is 0 Å². The van der Waals surface area contributed by atoms with E-state index in [0.717, 1.165) is 0 Å². The van der Waals surface area contributed by atoms with Crippen molar-refractivity contribution in [2.75, 3.05) is 19.8 Å². The van der Waals surface area contributed by atoms with Gasteiger partial charge in [-0.1, -0.05) is 6.58 Å². The van der Waals surface area contributed by atoms with Crippen LogP contribution in [0.1, 0.15) is 34.6 Å². The summed E-state index contributed by atoms with van der Waals surface area (Å²) in [5, 5.41) is 32.2.